The number of hydrogen-bond acceptors (Lipinski definition) is 5. The molecule has 0 saturated heterocycles. The van der Waals surface area contributed by atoms with Crippen LogP contribution in [0.1, 0.15) is 16.1 Å². The van der Waals surface area contributed by atoms with Crippen molar-refractivity contribution in [3.63, 3.8) is 0 Å². The quantitative estimate of drug-likeness (QED) is 0.485. The summed E-state index contributed by atoms with van der Waals surface area (Å²) >= 11 is 18.3. The molecule has 0 spiro atoms. The standard InChI is InChI=1S/C14H9Cl3N6O3/c15-8-2-1-3-9(16)7(8)5-22-6-10(17)13(21-22)19-14(24)12-11(23(25)26)4-18-20-12/h1-4,6H,5H2,(H,18,20)(H,19,21,24). The molecule has 1 aromatic carbocycles. The number of amides is 1. The molecule has 0 atom stereocenters. The van der Waals surface area contributed by atoms with Crippen LogP contribution in [0.25, 0.3) is 0 Å². The monoisotopic (exact) mass is 414 g/mol. The Kier molecular flexibility index (Phi) is 5.12. The Labute approximate surface area is 161 Å². The summed E-state index contributed by atoms with van der Waals surface area (Å²) in [5.74, 6) is -0.763. The Bertz CT molecular complexity index is 979. The van der Waals surface area contributed by atoms with Gasteiger partial charge in [0.15, 0.2) is 5.82 Å². The van der Waals surface area contributed by atoms with Crippen LogP contribution in [-0.2, 0) is 6.54 Å². The number of aromatic amines is 1. The van der Waals surface area contributed by atoms with Gasteiger partial charge in [-0.25, -0.2) is 0 Å². The molecule has 0 aliphatic rings. The number of anilines is 1. The van der Waals surface area contributed by atoms with Gasteiger partial charge in [-0.3, -0.25) is 24.7 Å². The average Bonchev–Trinajstić information content (AvgIpc) is 3.18. The van der Waals surface area contributed by atoms with E-state index >= 15 is 0 Å². The van der Waals surface area contributed by atoms with E-state index in [0.717, 1.165) is 6.20 Å². The van der Waals surface area contributed by atoms with Crippen LogP contribution in [0.2, 0.25) is 15.1 Å². The fourth-order valence-corrected chi connectivity index (χ4v) is 2.88. The Hall–Kier alpha value is -2.62. The molecule has 2 N–H and O–H groups in total. The average molecular weight is 416 g/mol. The van der Waals surface area contributed by atoms with Crippen molar-refractivity contribution in [3.05, 3.63) is 67.0 Å². The van der Waals surface area contributed by atoms with Crippen molar-refractivity contribution in [1.29, 1.82) is 0 Å². The Balaban J connectivity index is 1.81. The number of nitro groups is 1. The summed E-state index contributed by atoms with van der Waals surface area (Å²) in [4.78, 5) is 22.3. The van der Waals surface area contributed by atoms with Crippen LogP contribution in [0, 0.1) is 10.1 Å². The van der Waals surface area contributed by atoms with Crippen LogP contribution in [0.5, 0.6) is 0 Å². The number of nitrogens with zero attached hydrogens (tertiary/aromatic N) is 4. The third-order valence-corrected chi connectivity index (χ3v) is 4.36. The second kappa shape index (κ2) is 7.32. The van der Waals surface area contributed by atoms with Gasteiger partial charge in [-0.1, -0.05) is 40.9 Å². The zero-order chi connectivity index (χ0) is 18.8. The van der Waals surface area contributed by atoms with Crippen LogP contribution >= 0.6 is 34.8 Å². The summed E-state index contributed by atoms with van der Waals surface area (Å²) in [5, 5.41) is 24.2. The van der Waals surface area contributed by atoms with Crippen molar-refractivity contribution in [1.82, 2.24) is 20.0 Å². The normalized spacial score (nSPS) is 10.7. The molecule has 9 nitrogen and oxygen atoms in total. The second-order valence-corrected chi connectivity index (χ2v) is 6.29. The zero-order valence-corrected chi connectivity index (χ0v) is 15.0. The summed E-state index contributed by atoms with van der Waals surface area (Å²) in [6.07, 6.45) is 2.41. The molecular weight excluding hydrogens is 407 g/mol. The Morgan fingerprint density at radius 2 is 1.96 bits per heavy atom. The summed E-state index contributed by atoms with van der Waals surface area (Å²) in [5.41, 5.74) is -0.132. The molecule has 0 bridgehead atoms. The lowest BCUT2D eigenvalue weighted by atomic mass is 10.2. The van der Waals surface area contributed by atoms with E-state index in [1.807, 2.05) is 0 Å². The lowest BCUT2D eigenvalue weighted by Crippen LogP contribution is -2.15. The molecule has 0 aliphatic heterocycles. The van der Waals surface area contributed by atoms with Gasteiger partial charge < -0.3 is 5.32 Å². The number of carbonyl (C=O) groups excluding carboxylic acids is 1. The number of aromatic nitrogens is 4. The van der Waals surface area contributed by atoms with Crippen molar-refractivity contribution in [2.45, 2.75) is 6.54 Å². The number of H-pyrrole nitrogens is 1. The smallest absolute Gasteiger partial charge is 0.302 e. The topological polar surface area (TPSA) is 119 Å². The van der Waals surface area contributed by atoms with E-state index in [0.29, 0.717) is 15.6 Å². The Morgan fingerprint density at radius 1 is 1.27 bits per heavy atom. The predicted molar refractivity (Wildman–Crippen MR) is 96.0 cm³/mol. The molecule has 2 heterocycles. The minimum absolute atomic E-state index is 0.0312. The number of nitrogens with one attached hydrogen (secondary N) is 2. The molecule has 134 valence electrons. The fraction of sp³-hybridized carbons (Fsp3) is 0.0714. The molecule has 3 rings (SSSR count). The SMILES string of the molecule is O=C(Nc1nn(Cc2c(Cl)cccc2Cl)cc1Cl)c1[nH]ncc1[N+](=O)[O-]. The van der Waals surface area contributed by atoms with Gasteiger partial charge >= 0.3 is 5.69 Å². The largest absolute Gasteiger partial charge is 0.319 e. The molecule has 12 heteroatoms. The maximum absolute atomic E-state index is 12.2. The molecule has 26 heavy (non-hydrogen) atoms. The molecule has 0 saturated carbocycles. The van der Waals surface area contributed by atoms with Crippen molar-refractivity contribution in [2.24, 2.45) is 0 Å². The first-order valence-corrected chi connectivity index (χ1v) is 8.15. The number of benzene rings is 1. The van der Waals surface area contributed by atoms with Gasteiger partial charge in [-0.2, -0.15) is 10.2 Å². The van der Waals surface area contributed by atoms with E-state index in [9.17, 15) is 14.9 Å². The fourth-order valence-electron chi connectivity index (χ4n) is 2.16. The molecule has 3 aromatic rings. The first kappa shape index (κ1) is 18.2. The lowest BCUT2D eigenvalue weighted by Gasteiger charge is -2.06. The molecule has 0 radical (unpaired) electrons. The van der Waals surface area contributed by atoms with E-state index in [4.69, 9.17) is 34.8 Å². The third kappa shape index (κ3) is 3.64. The van der Waals surface area contributed by atoms with Crippen LogP contribution < -0.4 is 5.32 Å². The molecular formula is C14H9Cl3N6O3. The van der Waals surface area contributed by atoms with Crippen molar-refractivity contribution < 1.29 is 9.72 Å². The molecule has 0 fully saturated rings. The van der Waals surface area contributed by atoms with Gasteiger partial charge in [0, 0.05) is 21.8 Å². The second-order valence-electron chi connectivity index (χ2n) is 5.06. The third-order valence-electron chi connectivity index (χ3n) is 3.37. The molecule has 0 unspecified atom stereocenters. The highest BCUT2D eigenvalue weighted by molar-refractivity contribution is 6.36. The van der Waals surface area contributed by atoms with Gasteiger partial charge in [-0.15, -0.1) is 0 Å². The zero-order valence-electron chi connectivity index (χ0n) is 12.7. The number of hydrogen-bond donors (Lipinski definition) is 2. The van der Waals surface area contributed by atoms with Crippen LogP contribution in [0.3, 0.4) is 0 Å². The number of rotatable bonds is 5. The van der Waals surface area contributed by atoms with Gasteiger partial charge in [0.1, 0.15) is 11.2 Å². The Morgan fingerprint density at radius 3 is 2.62 bits per heavy atom. The summed E-state index contributed by atoms with van der Waals surface area (Å²) in [6, 6.07) is 5.09. The van der Waals surface area contributed by atoms with E-state index in [-0.39, 0.29) is 23.1 Å². The highest BCUT2D eigenvalue weighted by Gasteiger charge is 2.24. The number of halogens is 3. The van der Waals surface area contributed by atoms with Crippen LogP contribution in [-0.4, -0.2) is 30.8 Å². The summed E-state index contributed by atoms with van der Waals surface area (Å²) < 4.78 is 1.44. The van der Waals surface area contributed by atoms with Crippen molar-refractivity contribution in [2.75, 3.05) is 5.32 Å². The van der Waals surface area contributed by atoms with Gasteiger partial charge in [-0.05, 0) is 12.1 Å². The highest BCUT2D eigenvalue weighted by atomic mass is 35.5. The first-order valence-electron chi connectivity index (χ1n) is 7.01. The maximum atomic E-state index is 12.2. The molecule has 1 amide bonds. The highest BCUT2D eigenvalue weighted by Crippen LogP contribution is 2.27. The van der Waals surface area contributed by atoms with E-state index in [2.05, 4.69) is 20.6 Å². The first-order chi connectivity index (χ1) is 12.4. The summed E-state index contributed by atoms with van der Waals surface area (Å²) in [6.45, 7) is 0.221. The van der Waals surface area contributed by atoms with Crippen LogP contribution in [0.4, 0.5) is 11.5 Å². The predicted octanol–water partition coefficient (Wildman–Crippen LogP) is 3.78. The van der Waals surface area contributed by atoms with Crippen LogP contribution in [0.15, 0.2) is 30.6 Å². The minimum atomic E-state index is -0.794. The van der Waals surface area contributed by atoms with Gasteiger partial charge in [0.05, 0.1) is 11.5 Å². The van der Waals surface area contributed by atoms with Gasteiger partial charge in [0.2, 0.25) is 5.69 Å². The van der Waals surface area contributed by atoms with Crippen molar-refractivity contribution in [3.8, 4) is 0 Å². The maximum Gasteiger partial charge on any atom is 0.319 e. The number of carbonyl (C=O) groups is 1. The summed E-state index contributed by atoms with van der Waals surface area (Å²) in [7, 11) is 0. The lowest BCUT2D eigenvalue weighted by molar-refractivity contribution is -0.385. The molecule has 2 aromatic heterocycles. The van der Waals surface area contributed by atoms with E-state index in [1.165, 1.54) is 10.9 Å². The minimum Gasteiger partial charge on any atom is -0.302 e. The van der Waals surface area contributed by atoms with E-state index in [1.54, 1.807) is 18.2 Å². The van der Waals surface area contributed by atoms with Crippen molar-refractivity contribution >= 4 is 52.2 Å². The molecule has 0 aliphatic carbocycles. The van der Waals surface area contributed by atoms with Gasteiger partial charge in [0.25, 0.3) is 5.91 Å². The van der Waals surface area contributed by atoms with E-state index < -0.39 is 16.5 Å².